The van der Waals surface area contributed by atoms with E-state index in [-0.39, 0.29) is 17.5 Å². The van der Waals surface area contributed by atoms with Crippen LogP contribution in [-0.4, -0.2) is 51.5 Å². The van der Waals surface area contributed by atoms with E-state index in [1.807, 2.05) is 53.4 Å². The van der Waals surface area contributed by atoms with Crippen LogP contribution in [0, 0.1) is 0 Å². The number of likely N-dealkylation sites (tertiary alicyclic amines) is 1. The molecular formula is C26H30N4O3. The predicted octanol–water partition coefficient (Wildman–Crippen LogP) is 3.03. The lowest BCUT2D eigenvalue weighted by molar-refractivity contribution is -0.142. The van der Waals surface area contributed by atoms with Gasteiger partial charge >= 0.3 is 5.69 Å². The Hall–Kier alpha value is -3.19. The van der Waals surface area contributed by atoms with Gasteiger partial charge in [0.05, 0.1) is 11.1 Å². The van der Waals surface area contributed by atoms with Crippen LogP contribution in [0.3, 0.4) is 0 Å². The van der Waals surface area contributed by atoms with Crippen LogP contribution >= 0.6 is 0 Å². The van der Waals surface area contributed by atoms with Crippen LogP contribution in [0.1, 0.15) is 43.0 Å². The van der Waals surface area contributed by atoms with E-state index in [4.69, 9.17) is 4.74 Å². The standard InChI is InChI=1S/C26H30N4O3/c1-28-25(32)30(22-10-6-3-7-11-22)23(27-28)20-12-16-29(17-13-20)24(31)26(14-18-33-19-15-26)21-8-4-2-5-9-21/h2-11,20H,12-19H2,1H3. The van der Waals surface area contributed by atoms with Crippen molar-refractivity contribution in [2.45, 2.75) is 37.0 Å². The number of amides is 1. The molecule has 2 aliphatic rings. The second-order valence-electron chi connectivity index (χ2n) is 9.06. The van der Waals surface area contributed by atoms with E-state index in [0.29, 0.717) is 39.1 Å². The molecule has 5 rings (SSSR count). The number of nitrogens with zero attached hydrogens (tertiary/aromatic N) is 4. The van der Waals surface area contributed by atoms with Crippen molar-refractivity contribution >= 4 is 5.91 Å². The molecule has 33 heavy (non-hydrogen) atoms. The zero-order valence-corrected chi connectivity index (χ0v) is 19.0. The van der Waals surface area contributed by atoms with Crippen LogP contribution in [0.4, 0.5) is 0 Å². The summed E-state index contributed by atoms with van der Waals surface area (Å²) >= 11 is 0. The van der Waals surface area contributed by atoms with E-state index < -0.39 is 5.41 Å². The summed E-state index contributed by atoms with van der Waals surface area (Å²) in [5.41, 5.74) is 1.26. The van der Waals surface area contributed by atoms with Gasteiger partial charge in [-0.1, -0.05) is 48.5 Å². The molecule has 2 aliphatic heterocycles. The molecule has 0 unspecified atom stereocenters. The highest BCUT2D eigenvalue weighted by molar-refractivity contribution is 5.88. The highest BCUT2D eigenvalue weighted by Crippen LogP contribution is 2.38. The quantitative estimate of drug-likeness (QED) is 0.618. The summed E-state index contributed by atoms with van der Waals surface area (Å²) in [7, 11) is 1.69. The number of carbonyl (C=O) groups is 1. The van der Waals surface area contributed by atoms with Gasteiger partial charge in [0.1, 0.15) is 5.82 Å². The molecule has 2 aromatic carbocycles. The number of carbonyl (C=O) groups excluding carboxylic acids is 1. The largest absolute Gasteiger partial charge is 0.381 e. The number of piperidine rings is 1. The molecular weight excluding hydrogens is 416 g/mol. The Morgan fingerprint density at radius 1 is 0.970 bits per heavy atom. The van der Waals surface area contributed by atoms with Crippen molar-refractivity contribution in [3.8, 4) is 5.69 Å². The Morgan fingerprint density at radius 3 is 2.21 bits per heavy atom. The fourth-order valence-electron chi connectivity index (χ4n) is 5.31. The number of benzene rings is 2. The lowest BCUT2D eigenvalue weighted by Crippen LogP contribution is -2.52. The van der Waals surface area contributed by atoms with Crippen molar-refractivity contribution in [2.24, 2.45) is 7.05 Å². The highest BCUT2D eigenvalue weighted by atomic mass is 16.5. The third-order valence-electron chi connectivity index (χ3n) is 7.19. The molecule has 1 amide bonds. The zero-order chi connectivity index (χ0) is 22.8. The normalized spacial score (nSPS) is 18.9. The maximum atomic E-state index is 13.9. The second-order valence-corrected chi connectivity index (χ2v) is 9.06. The van der Waals surface area contributed by atoms with Crippen LogP contribution in [0.2, 0.25) is 0 Å². The maximum absolute atomic E-state index is 13.9. The van der Waals surface area contributed by atoms with Crippen molar-refractivity contribution in [3.63, 3.8) is 0 Å². The molecule has 2 fully saturated rings. The first kappa shape index (κ1) is 21.6. The molecule has 3 aromatic rings. The molecule has 1 aromatic heterocycles. The molecule has 0 aliphatic carbocycles. The highest BCUT2D eigenvalue weighted by Gasteiger charge is 2.44. The number of hydrogen-bond donors (Lipinski definition) is 0. The van der Waals surface area contributed by atoms with Crippen molar-refractivity contribution in [3.05, 3.63) is 82.5 Å². The maximum Gasteiger partial charge on any atom is 0.350 e. The smallest absolute Gasteiger partial charge is 0.350 e. The van der Waals surface area contributed by atoms with Crippen LogP contribution in [0.25, 0.3) is 5.69 Å². The Morgan fingerprint density at radius 2 is 1.58 bits per heavy atom. The SMILES string of the molecule is Cn1nc(C2CCN(C(=O)C3(c4ccccc4)CCOCC3)CC2)n(-c2ccccc2)c1=O. The van der Waals surface area contributed by atoms with Gasteiger partial charge in [0.25, 0.3) is 0 Å². The molecule has 0 radical (unpaired) electrons. The Balaban J connectivity index is 1.37. The fourth-order valence-corrected chi connectivity index (χ4v) is 5.31. The van der Waals surface area contributed by atoms with E-state index in [1.165, 1.54) is 4.68 Å². The third-order valence-corrected chi connectivity index (χ3v) is 7.19. The number of aromatic nitrogens is 3. The van der Waals surface area contributed by atoms with Gasteiger partial charge in [-0.25, -0.2) is 14.0 Å². The van der Waals surface area contributed by atoms with Gasteiger partial charge in [-0.15, -0.1) is 0 Å². The lowest BCUT2D eigenvalue weighted by Gasteiger charge is -2.42. The number of para-hydroxylation sites is 1. The van der Waals surface area contributed by atoms with E-state index >= 15 is 0 Å². The van der Waals surface area contributed by atoms with Gasteiger partial charge in [-0.2, -0.15) is 5.10 Å². The summed E-state index contributed by atoms with van der Waals surface area (Å²) in [5.74, 6) is 1.12. The van der Waals surface area contributed by atoms with Gasteiger partial charge < -0.3 is 9.64 Å². The van der Waals surface area contributed by atoms with E-state index in [9.17, 15) is 9.59 Å². The summed E-state index contributed by atoms with van der Waals surface area (Å²) < 4.78 is 8.74. The summed E-state index contributed by atoms with van der Waals surface area (Å²) in [5, 5.41) is 4.58. The molecule has 7 heteroatoms. The molecule has 0 atom stereocenters. The van der Waals surface area contributed by atoms with Gasteiger partial charge in [0, 0.05) is 39.3 Å². The van der Waals surface area contributed by atoms with Crippen LogP contribution in [0.5, 0.6) is 0 Å². The first-order valence-electron chi connectivity index (χ1n) is 11.7. The lowest BCUT2D eigenvalue weighted by atomic mass is 9.72. The minimum atomic E-state index is -0.510. The monoisotopic (exact) mass is 446 g/mol. The summed E-state index contributed by atoms with van der Waals surface area (Å²) in [6.07, 6.45) is 3.00. The number of hydrogen-bond acceptors (Lipinski definition) is 4. The van der Waals surface area contributed by atoms with Gasteiger partial charge in [0.15, 0.2) is 0 Å². The first-order chi connectivity index (χ1) is 16.1. The average Bonchev–Trinajstić information content (AvgIpc) is 3.19. The molecule has 172 valence electrons. The molecule has 0 spiro atoms. The van der Waals surface area contributed by atoms with Gasteiger partial charge in [-0.05, 0) is 43.4 Å². The van der Waals surface area contributed by atoms with Crippen molar-refractivity contribution in [1.82, 2.24) is 19.2 Å². The minimum Gasteiger partial charge on any atom is -0.381 e. The average molecular weight is 447 g/mol. The van der Waals surface area contributed by atoms with E-state index in [2.05, 4.69) is 17.2 Å². The molecule has 2 saturated heterocycles. The second kappa shape index (κ2) is 8.98. The summed E-state index contributed by atoms with van der Waals surface area (Å²) in [4.78, 5) is 28.7. The zero-order valence-electron chi connectivity index (χ0n) is 19.0. The molecule has 0 bridgehead atoms. The molecule has 0 saturated carbocycles. The Bertz CT molecular complexity index is 1160. The fraction of sp³-hybridized carbons (Fsp3) is 0.423. The number of aryl methyl sites for hydroxylation is 1. The molecule has 7 nitrogen and oxygen atoms in total. The molecule has 0 N–H and O–H groups in total. The van der Waals surface area contributed by atoms with Crippen molar-refractivity contribution in [1.29, 1.82) is 0 Å². The van der Waals surface area contributed by atoms with Gasteiger partial charge in [0.2, 0.25) is 5.91 Å². The van der Waals surface area contributed by atoms with Crippen molar-refractivity contribution < 1.29 is 9.53 Å². The van der Waals surface area contributed by atoms with Crippen LogP contribution in [0.15, 0.2) is 65.5 Å². The summed E-state index contributed by atoms with van der Waals surface area (Å²) in [6, 6.07) is 19.8. The number of rotatable bonds is 4. The third kappa shape index (κ3) is 3.91. The molecule has 3 heterocycles. The van der Waals surface area contributed by atoms with Gasteiger partial charge in [-0.3, -0.25) is 4.79 Å². The first-order valence-corrected chi connectivity index (χ1v) is 11.7. The van der Waals surface area contributed by atoms with E-state index in [1.54, 1.807) is 11.6 Å². The Labute approximate surface area is 193 Å². The minimum absolute atomic E-state index is 0.130. The number of ether oxygens (including phenoxy) is 1. The Kier molecular flexibility index (Phi) is 5.89. The van der Waals surface area contributed by atoms with Crippen LogP contribution < -0.4 is 5.69 Å². The van der Waals surface area contributed by atoms with Crippen LogP contribution in [-0.2, 0) is 22.0 Å². The van der Waals surface area contributed by atoms with Crippen molar-refractivity contribution in [2.75, 3.05) is 26.3 Å². The van der Waals surface area contributed by atoms with E-state index in [0.717, 1.165) is 29.9 Å². The summed E-state index contributed by atoms with van der Waals surface area (Å²) in [6.45, 7) is 2.54. The topological polar surface area (TPSA) is 69.4 Å². The predicted molar refractivity (Wildman–Crippen MR) is 126 cm³/mol.